The van der Waals surface area contributed by atoms with Gasteiger partial charge in [0.1, 0.15) is 0 Å². The van der Waals surface area contributed by atoms with Crippen LogP contribution in [0.3, 0.4) is 0 Å². The molecule has 4 rings (SSSR count). The lowest BCUT2D eigenvalue weighted by atomic mass is 10.1. The molecule has 0 bridgehead atoms. The summed E-state index contributed by atoms with van der Waals surface area (Å²) in [5, 5.41) is 4.21. The van der Waals surface area contributed by atoms with E-state index in [2.05, 4.69) is 23.5 Å². The number of fused-ring (bicyclic) bond motifs is 2. The third kappa shape index (κ3) is 2.01. The van der Waals surface area contributed by atoms with Crippen LogP contribution in [-0.2, 0) is 13.5 Å². The Hall–Kier alpha value is -2.55. The molecule has 3 nitrogen and oxygen atoms in total. The molecular weight excluding hydrogens is 272 g/mol. The Labute approximate surface area is 129 Å². The van der Waals surface area contributed by atoms with Crippen molar-refractivity contribution in [1.29, 1.82) is 0 Å². The van der Waals surface area contributed by atoms with E-state index in [9.17, 15) is 4.79 Å². The first-order valence-electron chi connectivity index (χ1n) is 7.67. The van der Waals surface area contributed by atoms with Crippen molar-refractivity contribution in [1.82, 2.24) is 9.88 Å². The molecule has 0 saturated carbocycles. The van der Waals surface area contributed by atoms with E-state index < -0.39 is 0 Å². The molecule has 0 radical (unpaired) electrons. The first kappa shape index (κ1) is 13.1. The second-order valence-corrected chi connectivity index (χ2v) is 5.93. The minimum atomic E-state index is 0.0125. The number of hydrogen-bond donors (Lipinski definition) is 1. The van der Waals surface area contributed by atoms with Gasteiger partial charge in [0.15, 0.2) is 0 Å². The van der Waals surface area contributed by atoms with Gasteiger partial charge < -0.3 is 9.88 Å². The average Bonchev–Trinajstić information content (AvgIpc) is 3.10. The Bertz CT molecular complexity index is 863. The minimum absolute atomic E-state index is 0.0125. The Morgan fingerprint density at radius 2 is 1.91 bits per heavy atom. The van der Waals surface area contributed by atoms with Crippen molar-refractivity contribution in [2.75, 3.05) is 0 Å². The number of rotatable bonds is 2. The van der Waals surface area contributed by atoms with Crippen LogP contribution in [0.15, 0.2) is 54.7 Å². The second-order valence-electron chi connectivity index (χ2n) is 5.93. The van der Waals surface area contributed by atoms with Gasteiger partial charge in [0.25, 0.3) is 5.91 Å². The van der Waals surface area contributed by atoms with Crippen LogP contribution in [-0.4, -0.2) is 10.5 Å². The van der Waals surface area contributed by atoms with Crippen molar-refractivity contribution in [3.8, 4) is 0 Å². The quantitative estimate of drug-likeness (QED) is 0.769. The van der Waals surface area contributed by atoms with Gasteiger partial charge in [-0.3, -0.25) is 4.79 Å². The zero-order valence-electron chi connectivity index (χ0n) is 12.5. The van der Waals surface area contributed by atoms with E-state index in [1.54, 1.807) is 0 Å². The van der Waals surface area contributed by atoms with Gasteiger partial charge in [-0.25, -0.2) is 0 Å². The van der Waals surface area contributed by atoms with Crippen LogP contribution in [0.1, 0.15) is 33.9 Å². The third-order valence-electron chi connectivity index (χ3n) is 4.58. The summed E-state index contributed by atoms with van der Waals surface area (Å²) in [7, 11) is 1.98. The fourth-order valence-electron chi connectivity index (χ4n) is 3.47. The third-order valence-corrected chi connectivity index (χ3v) is 4.58. The SMILES string of the molecule is Cn1cc(C(=O)N[C@H]2CCc3ccccc32)c2ccccc21. The largest absolute Gasteiger partial charge is 0.350 e. The van der Waals surface area contributed by atoms with E-state index in [0.717, 1.165) is 29.3 Å². The number of carbonyl (C=O) groups excluding carboxylic acids is 1. The monoisotopic (exact) mass is 290 g/mol. The Morgan fingerprint density at radius 3 is 2.82 bits per heavy atom. The summed E-state index contributed by atoms with van der Waals surface area (Å²) in [6.07, 6.45) is 3.94. The summed E-state index contributed by atoms with van der Waals surface area (Å²) in [5.74, 6) is 0.0125. The molecule has 1 aliphatic carbocycles. The molecule has 3 heteroatoms. The predicted octanol–water partition coefficient (Wildman–Crippen LogP) is 3.60. The van der Waals surface area contributed by atoms with E-state index in [1.807, 2.05) is 48.1 Å². The topological polar surface area (TPSA) is 34.0 Å². The van der Waals surface area contributed by atoms with Gasteiger partial charge in [0.05, 0.1) is 11.6 Å². The molecule has 1 heterocycles. The van der Waals surface area contributed by atoms with Crippen molar-refractivity contribution in [2.24, 2.45) is 7.05 Å². The molecule has 0 aliphatic heterocycles. The lowest BCUT2D eigenvalue weighted by Gasteiger charge is -2.13. The molecule has 1 N–H and O–H groups in total. The normalized spacial score (nSPS) is 16.7. The number of nitrogens with zero attached hydrogens (tertiary/aromatic N) is 1. The molecule has 1 amide bonds. The summed E-state index contributed by atoms with van der Waals surface area (Å²) in [6, 6.07) is 16.5. The van der Waals surface area contributed by atoms with E-state index in [1.165, 1.54) is 11.1 Å². The molecule has 0 saturated heterocycles. The molecule has 0 unspecified atom stereocenters. The van der Waals surface area contributed by atoms with Gasteiger partial charge in [0.2, 0.25) is 0 Å². The Morgan fingerprint density at radius 1 is 1.14 bits per heavy atom. The molecule has 2 aromatic carbocycles. The molecule has 110 valence electrons. The van der Waals surface area contributed by atoms with Gasteiger partial charge in [-0.15, -0.1) is 0 Å². The molecular formula is C19H18N2O. The number of aryl methyl sites for hydroxylation is 2. The van der Waals surface area contributed by atoms with Gasteiger partial charge in [-0.1, -0.05) is 42.5 Å². The molecule has 22 heavy (non-hydrogen) atoms. The van der Waals surface area contributed by atoms with Crippen LogP contribution >= 0.6 is 0 Å². The number of nitrogens with one attached hydrogen (secondary N) is 1. The number of aromatic nitrogens is 1. The Balaban J connectivity index is 1.65. The maximum Gasteiger partial charge on any atom is 0.253 e. The van der Waals surface area contributed by atoms with Crippen LogP contribution in [0.4, 0.5) is 0 Å². The predicted molar refractivity (Wildman–Crippen MR) is 87.9 cm³/mol. The van der Waals surface area contributed by atoms with Crippen LogP contribution in [0.25, 0.3) is 10.9 Å². The van der Waals surface area contributed by atoms with Crippen LogP contribution in [0, 0.1) is 0 Å². The van der Waals surface area contributed by atoms with Crippen LogP contribution in [0.5, 0.6) is 0 Å². The smallest absolute Gasteiger partial charge is 0.253 e. The lowest BCUT2D eigenvalue weighted by molar-refractivity contribution is 0.0938. The summed E-state index contributed by atoms with van der Waals surface area (Å²) in [5.41, 5.74) is 4.45. The summed E-state index contributed by atoms with van der Waals surface area (Å²) < 4.78 is 2.01. The summed E-state index contributed by atoms with van der Waals surface area (Å²) >= 11 is 0. The van der Waals surface area contributed by atoms with Crippen molar-refractivity contribution < 1.29 is 4.79 Å². The summed E-state index contributed by atoms with van der Waals surface area (Å²) in [4.78, 5) is 12.7. The molecule has 3 aromatic rings. The first-order valence-corrected chi connectivity index (χ1v) is 7.67. The molecule has 0 fully saturated rings. The molecule has 1 atom stereocenters. The Kier molecular flexibility index (Phi) is 3.00. The van der Waals surface area contributed by atoms with Crippen molar-refractivity contribution >= 4 is 16.8 Å². The number of carbonyl (C=O) groups is 1. The fraction of sp³-hybridized carbons (Fsp3) is 0.211. The number of para-hydroxylation sites is 1. The number of amides is 1. The van der Waals surface area contributed by atoms with E-state index >= 15 is 0 Å². The van der Waals surface area contributed by atoms with Gasteiger partial charge in [0, 0.05) is 24.1 Å². The summed E-state index contributed by atoms with van der Waals surface area (Å²) in [6.45, 7) is 0. The zero-order chi connectivity index (χ0) is 15.1. The minimum Gasteiger partial charge on any atom is -0.350 e. The molecule has 1 aromatic heterocycles. The van der Waals surface area contributed by atoms with E-state index in [0.29, 0.717) is 0 Å². The highest BCUT2D eigenvalue weighted by molar-refractivity contribution is 6.07. The maximum atomic E-state index is 12.7. The van der Waals surface area contributed by atoms with Crippen molar-refractivity contribution in [3.63, 3.8) is 0 Å². The van der Waals surface area contributed by atoms with Crippen LogP contribution in [0.2, 0.25) is 0 Å². The highest BCUT2D eigenvalue weighted by Gasteiger charge is 2.24. The number of hydrogen-bond acceptors (Lipinski definition) is 1. The molecule has 0 spiro atoms. The van der Waals surface area contributed by atoms with Crippen LogP contribution < -0.4 is 5.32 Å². The van der Waals surface area contributed by atoms with Crippen molar-refractivity contribution in [3.05, 3.63) is 71.4 Å². The zero-order valence-corrected chi connectivity index (χ0v) is 12.5. The fourth-order valence-corrected chi connectivity index (χ4v) is 3.47. The van der Waals surface area contributed by atoms with Gasteiger partial charge in [-0.2, -0.15) is 0 Å². The lowest BCUT2D eigenvalue weighted by Crippen LogP contribution is -2.26. The van der Waals surface area contributed by atoms with E-state index in [-0.39, 0.29) is 11.9 Å². The highest BCUT2D eigenvalue weighted by Crippen LogP contribution is 2.31. The average molecular weight is 290 g/mol. The molecule has 1 aliphatic rings. The van der Waals surface area contributed by atoms with Gasteiger partial charge >= 0.3 is 0 Å². The highest BCUT2D eigenvalue weighted by atomic mass is 16.1. The van der Waals surface area contributed by atoms with E-state index in [4.69, 9.17) is 0 Å². The number of benzene rings is 2. The van der Waals surface area contributed by atoms with Gasteiger partial charge in [-0.05, 0) is 30.0 Å². The second kappa shape index (κ2) is 5.02. The standard InChI is InChI=1S/C19H18N2O/c1-21-12-16(15-8-4-5-9-18(15)21)19(22)20-17-11-10-13-6-2-3-7-14(13)17/h2-9,12,17H,10-11H2,1H3,(H,20,22)/t17-/m0/s1. The maximum absolute atomic E-state index is 12.7. The first-order chi connectivity index (χ1) is 10.7. The van der Waals surface area contributed by atoms with Crippen molar-refractivity contribution in [2.45, 2.75) is 18.9 Å².